The SMILES string of the molecule is C=C(C)C(C)(/C(C)=C/C=C(C)/C=C/C1=CC=CC=CC1)C1CCCCC1.CC.CC. The molecule has 0 aliphatic heterocycles. The molecule has 2 aliphatic rings. The number of allylic oxidation sites excluding steroid dienone is 13. The second-order valence-electron chi connectivity index (χ2n) is 8.17. The van der Waals surface area contributed by atoms with Crippen molar-refractivity contribution in [3.8, 4) is 0 Å². The van der Waals surface area contributed by atoms with Crippen molar-refractivity contribution in [2.75, 3.05) is 0 Å². The van der Waals surface area contributed by atoms with E-state index >= 15 is 0 Å². The number of hydrogen-bond acceptors (Lipinski definition) is 0. The molecule has 0 heterocycles. The molecule has 0 amide bonds. The average molecular weight is 409 g/mol. The van der Waals surface area contributed by atoms with Gasteiger partial charge in [0, 0.05) is 5.41 Å². The third kappa shape index (κ3) is 8.90. The van der Waals surface area contributed by atoms with Crippen molar-refractivity contribution in [1.82, 2.24) is 0 Å². The Bertz CT molecular complexity index is 669. The van der Waals surface area contributed by atoms with Crippen molar-refractivity contribution < 1.29 is 0 Å². The zero-order valence-corrected chi connectivity index (χ0v) is 21.2. The Labute approximate surface area is 188 Å². The lowest BCUT2D eigenvalue weighted by Crippen LogP contribution is -2.31. The second kappa shape index (κ2) is 15.9. The fraction of sp³-hybridized carbons (Fsp3) is 0.533. The van der Waals surface area contributed by atoms with Crippen molar-refractivity contribution in [1.29, 1.82) is 0 Å². The van der Waals surface area contributed by atoms with Crippen LogP contribution in [0.3, 0.4) is 0 Å². The Kier molecular flexibility index (Phi) is 15.0. The highest BCUT2D eigenvalue weighted by molar-refractivity contribution is 5.36. The van der Waals surface area contributed by atoms with Gasteiger partial charge in [-0.05, 0) is 51.5 Å². The Hall–Kier alpha value is -1.82. The summed E-state index contributed by atoms with van der Waals surface area (Å²) >= 11 is 0. The first-order valence-corrected chi connectivity index (χ1v) is 12.2. The lowest BCUT2D eigenvalue weighted by Gasteiger charge is -2.42. The van der Waals surface area contributed by atoms with Crippen molar-refractivity contribution >= 4 is 0 Å². The second-order valence-corrected chi connectivity index (χ2v) is 8.17. The monoisotopic (exact) mass is 408 g/mol. The molecule has 30 heavy (non-hydrogen) atoms. The van der Waals surface area contributed by atoms with Crippen molar-refractivity contribution in [2.24, 2.45) is 11.3 Å². The van der Waals surface area contributed by atoms with Gasteiger partial charge in [0.05, 0.1) is 0 Å². The van der Waals surface area contributed by atoms with E-state index in [1.807, 2.05) is 27.7 Å². The molecule has 0 radical (unpaired) electrons. The molecule has 0 bridgehead atoms. The molecule has 1 atom stereocenters. The van der Waals surface area contributed by atoms with Gasteiger partial charge in [-0.25, -0.2) is 0 Å². The van der Waals surface area contributed by atoms with Gasteiger partial charge in [0.15, 0.2) is 0 Å². The van der Waals surface area contributed by atoms with E-state index in [4.69, 9.17) is 0 Å². The van der Waals surface area contributed by atoms with Gasteiger partial charge in [-0.3, -0.25) is 0 Å². The maximum atomic E-state index is 4.36. The van der Waals surface area contributed by atoms with E-state index in [1.54, 1.807) is 0 Å². The van der Waals surface area contributed by atoms with Gasteiger partial charge in [-0.2, -0.15) is 0 Å². The van der Waals surface area contributed by atoms with Gasteiger partial charge in [0.2, 0.25) is 0 Å². The maximum absolute atomic E-state index is 4.36. The third-order valence-electron chi connectivity index (χ3n) is 6.31. The number of hydrogen-bond donors (Lipinski definition) is 0. The maximum Gasteiger partial charge on any atom is 0.0115 e. The summed E-state index contributed by atoms with van der Waals surface area (Å²) < 4.78 is 0. The topological polar surface area (TPSA) is 0 Å². The Balaban J connectivity index is 0.00000198. The summed E-state index contributed by atoms with van der Waals surface area (Å²) in [5.41, 5.74) is 5.51. The van der Waals surface area contributed by atoms with Crippen molar-refractivity contribution in [3.05, 3.63) is 83.6 Å². The van der Waals surface area contributed by atoms with Crippen molar-refractivity contribution in [2.45, 2.75) is 93.9 Å². The van der Waals surface area contributed by atoms with Crippen LogP contribution in [0, 0.1) is 11.3 Å². The Morgan fingerprint density at radius 1 is 0.933 bits per heavy atom. The van der Waals surface area contributed by atoms with E-state index in [0.29, 0.717) is 0 Å². The minimum absolute atomic E-state index is 0.125. The highest BCUT2D eigenvalue weighted by atomic mass is 14.4. The minimum atomic E-state index is 0.125. The fourth-order valence-corrected chi connectivity index (χ4v) is 4.13. The summed E-state index contributed by atoms with van der Waals surface area (Å²) in [6.07, 6.45) is 27.5. The van der Waals surface area contributed by atoms with Crippen LogP contribution < -0.4 is 0 Å². The third-order valence-corrected chi connectivity index (χ3v) is 6.31. The van der Waals surface area contributed by atoms with Crippen LogP contribution in [0.4, 0.5) is 0 Å². The summed E-state index contributed by atoms with van der Waals surface area (Å²) in [6, 6.07) is 0. The molecule has 0 N–H and O–H groups in total. The normalized spacial score (nSPS) is 19.7. The molecule has 0 aromatic carbocycles. The molecule has 0 heteroatoms. The van der Waals surface area contributed by atoms with Crippen LogP contribution in [0.5, 0.6) is 0 Å². The smallest absolute Gasteiger partial charge is 0.0115 e. The summed E-state index contributed by atoms with van der Waals surface area (Å²) in [7, 11) is 0. The molecule has 2 rings (SSSR count). The van der Waals surface area contributed by atoms with Crippen LogP contribution in [0.2, 0.25) is 0 Å². The summed E-state index contributed by atoms with van der Waals surface area (Å²) in [5, 5.41) is 0. The van der Waals surface area contributed by atoms with Crippen LogP contribution >= 0.6 is 0 Å². The first-order valence-electron chi connectivity index (χ1n) is 12.2. The van der Waals surface area contributed by atoms with Gasteiger partial charge in [0.1, 0.15) is 0 Å². The molecule has 0 nitrogen and oxygen atoms in total. The quantitative estimate of drug-likeness (QED) is 0.303. The van der Waals surface area contributed by atoms with E-state index in [2.05, 4.69) is 89.0 Å². The lowest BCUT2D eigenvalue weighted by molar-refractivity contribution is 0.214. The Morgan fingerprint density at radius 3 is 2.17 bits per heavy atom. The first kappa shape index (κ1) is 28.2. The molecule has 0 aromatic rings. The van der Waals surface area contributed by atoms with Gasteiger partial charge in [-0.1, -0.05) is 132 Å². The largest absolute Gasteiger partial charge is 0.0993 e. The minimum Gasteiger partial charge on any atom is -0.0993 e. The lowest BCUT2D eigenvalue weighted by atomic mass is 9.63. The first-order chi connectivity index (χ1) is 14.4. The zero-order valence-electron chi connectivity index (χ0n) is 21.2. The molecule has 0 saturated heterocycles. The average Bonchev–Trinajstić information content (AvgIpc) is 3.07. The van der Waals surface area contributed by atoms with Gasteiger partial charge in [-0.15, -0.1) is 0 Å². The van der Waals surface area contributed by atoms with E-state index in [0.717, 1.165) is 12.3 Å². The van der Waals surface area contributed by atoms with E-state index in [9.17, 15) is 0 Å². The summed E-state index contributed by atoms with van der Waals surface area (Å²) in [5.74, 6) is 0.740. The standard InChI is InChI=1S/C26H36.2C2H6/c1-21(2)26(5,25-15-11-8-12-16-25)23(4)19-17-22(3)18-20-24-13-9-6-7-10-14-24;2*1-2/h6-7,9-10,13,17-20,25H,1,8,11-12,14-16H2,2-5H3;2*1-2H3/b20-18+,22-17+,23-19+;;. The van der Waals surface area contributed by atoms with Crippen molar-refractivity contribution in [3.63, 3.8) is 0 Å². The van der Waals surface area contributed by atoms with Crippen LogP contribution in [0.1, 0.15) is 93.9 Å². The molecule has 1 saturated carbocycles. The molecular formula is C30H48. The van der Waals surface area contributed by atoms with E-state index in [1.165, 1.54) is 54.4 Å². The molecule has 1 unspecified atom stereocenters. The molecular weight excluding hydrogens is 360 g/mol. The Morgan fingerprint density at radius 2 is 1.57 bits per heavy atom. The van der Waals surface area contributed by atoms with E-state index in [-0.39, 0.29) is 5.41 Å². The highest BCUT2D eigenvalue weighted by Crippen LogP contribution is 2.47. The predicted octanol–water partition coefficient (Wildman–Crippen LogP) is 10.1. The van der Waals surface area contributed by atoms with Gasteiger partial charge < -0.3 is 0 Å². The molecule has 0 spiro atoms. The van der Waals surface area contributed by atoms with Crippen LogP contribution in [-0.2, 0) is 0 Å². The summed E-state index contributed by atoms with van der Waals surface area (Å²) in [6.45, 7) is 21.5. The molecule has 2 aliphatic carbocycles. The van der Waals surface area contributed by atoms with Crippen LogP contribution in [0.25, 0.3) is 0 Å². The fourth-order valence-electron chi connectivity index (χ4n) is 4.13. The summed E-state index contributed by atoms with van der Waals surface area (Å²) in [4.78, 5) is 0. The van der Waals surface area contributed by atoms with Gasteiger partial charge in [0.25, 0.3) is 0 Å². The van der Waals surface area contributed by atoms with E-state index < -0.39 is 0 Å². The number of rotatable bonds is 6. The zero-order chi connectivity index (χ0) is 23.0. The molecule has 1 fully saturated rings. The van der Waals surface area contributed by atoms with Gasteiger partial charge >= 0.3 is 0 Å². The van der Waals surface area contributed by atoms with Crippen LogP contribution in [-0.4, -0.2) is 0 Å². The highest BCUT2D eigenvalue weighted by Gasteiger charge is 2.36. The molecule has 0 aromatic heterocycles. The van der Waals surface area contributed by atoms with Crippen LogP contribution in [0.15, 0.2) is 83.6 Å². The molecule has 168 valence electrons. The predicted molar refractivity (Wildman–Crippen MR) is 140 cm³/mol.